The number of methoxy groups -OCH3 is 1. The van der Waals surface area contributed by atoms with E-state index < -0.39 is 17.5 Å². The van der Waals surface area contributed by atoms with Gasteiger partial charge in [0.1, 0.15) is 36.2 Å². The topological polar surface area (TPSA) is 89.2 Å². The summed E-state index contributed by atoms with van der Waals surface area (Å²) in [5, 5.41) is 21.6. The number of aliphatic hydroxyl groups is 2. The van der Waals surface area contributed by atoms with Crippen LogP contribution < -0.4 is 14.2 Å². The SMILES string of the molecule is COc1cc(CN2CC[C@H](O)[C@@](O)(COc3ccc(Cl)c(F)c3)C2)ccc1OCCn1ccnc1C. The van der Waals surface area contributed by atoms with Gasteiger partial charge < -0.3 is 29.0 Å². The van der Waals surface area contributed by atoms with Crippen LogP contribution in [0, 0.1) is 12.7 Å². The van der Waals surface area contributed by atoms with Crippen LogP contribution in [0.15, 0.2) is 48.8 Å². The lowest BCUT2D eigenvalue weighted by molar-refractivity contribution is -0.140. The molecule has 10 heteroatoms. The van der Waals surface area contributed by atoms with Crippen molar-refractivity contribution in [3.8, 4) is 17.2 Å². The molecule has 1 fully saturated rings. The molecule has 0 aliphatic carbocycles. The molecule has 0 bridgehead atoms. The molecule has 0 saturated carbocycles. The van der Waals surface area contributed by atoms with Crippen molar-refractivity contribution >= 4 is 11.6 Å². The first-order chi connectivity index (χ1) is 17.3. The molecule has 36 heavy (non-hydrogen) atoms. The minimum atomic E-state index is -1.51. The summed E-state index contributed by atoms with van der Waals surface area (Å²) in [5.74, 6) is 1.82. The molecule has 2 atom stereocenters. The van der Waals surface area contributed by atoms with Gasteiger partial charge in [0.15, 0.2) is 11.5 Å². The average molecular weight is 520 g/mol. The lowest BCUT2D eigenvalue weighted by Gasteiger charge is -2.42. The number of imidazole rings is 1. The van der Waals surface area contributed by atoms with E-state index in [0.29, 0.717) is 44.2 Å². The number of aromatic nitrogens is 2. The smallest absolute Gasteiger partial charge is 0.161 e. The summed E-state index contributed by atoms with van der Waals surface area (Å²) in [6.45, 7) is 4.24. The van der Waals surface area contributed by atoms with Crippen LogP contribution in [0.3, 0.4) is 0 Å². The normalized spacial score (nSPS) is 20.3. The van der Waals surface area contributed by atoms with Gasteiger partial charge in [-0.25, -0.2) is 9.37 Å². The zero-order chi connectivity index (χ0) is 25.7. The number of nitrogens with zero attached hydrogens (tertiary/aromatic N) is 3. The highest BCUT2D eigenvalue weighted by Crippen LogP contribution is 2.30. The Morgan fingerprint density at radius 1 is 1.19 bits per heavy atom. The summed E-state index contributed by atoms with van der Waals surface area (Å²) in [7, 11) is 1.60. The second-order valence-corrected chi connectivity index (χ2v) is 9.39. The molecule has 2 N–H and O–H groups in total. The van der Waals surface area contributed by atoms with E-state index in [9.17, 15) is 14.6 Å². The molecular weight excluding hydrogens is 489 g/mol. The molecule has 0 amide bonds. The van der Waals surface area contributed by atoms with Gasteiger partial charge in [0.05, 0.1) is 24.8 Å². The quantitative estimate of drug-likeness (QED) is 0.424. The van der Waals surface area contributed by atoms with Crippen molar-refractivity contribution in [2.75, 3.05) is 33.4 Å². The first kappa shape index (κ1) is 26.2. The van der Waals surface area contributed by atoms with Gasteiger partial charge in [-0.1, -0.05) is 17.7 Å². The Bertz CT molecular complexity index is 1180. The van der Waals surface area contributed by atoms with E-state index in [4.69, 9.17) is 25.8 Å². The van der Waals surface area contributed by atoms with Gasteiger partial charge in [0.25, 0.3) is 0 Å². The molecule has 0 radical (unpaired) electrons. The maximum Gasteiger partial charge on any atom is 0.161 e. The van der Waals surface area contributed by atoms with E-state index in [-0.39, 0.29) is 23.9 Å². The number of benzene rings is 2. The lowest BCUT2D eigenvalue weighted by Crippen LogP contribution is -2.59. The van der Waals surface area contributed by atoms with E-state index in [1.807, 2.05) is 40.8 Å². The predicted molar refractivity (Wildman–Crippen MR) is 133 cm³/mol. The van der Waals surface area contributed by atoms with Crippen molar-refractivity contribution < 1.29 is 28.8 Å². The van der Waals surface area contributed by atoms with Crippen LogP contribution in [-0.4, -0.2) is 69.8 Å². The number of halogens is 2. The van der Waals surface area contributed by atoms with Gasteiger partial charge in [-0.3, -0.25) is 4.90 Å². The summed E-state index contributed by atoms with van der Waals surface area (Å²) < 4.78 is 32.8. The molecule has 2 aromatic carbocycles. The molecule has 0 unspecified atom stereocenters. The molecule has 4 rings (SSSR count). The van der Waals surface area contributed by atoms with Crippen molar-refractivity contribution in [1.29, 1.82) is 0 Å². The van der Waals surface area contributed by atoms with Crippen LogP contribution in [0.2, 0.25) is 5.02 Å². The molecule has 1 aromatic heterocycles. The van der Waals surface area contributed by atoms with Crippen LogP contribution in [-0.2, 0) is 13.1 Å². The fourth-order valence-electron chi connectivity index (χ4n) is 4.28. The number of likely N-dealkylation sites (tertiary alicyclic amines) is 1. The van der Waals surface area contributed by atoms with Gasteiger partial charge in [-0.15, -0.1) is 0 Å². The third-order valence-corrected chi connectivity index (χ3v) is 6.67. The van der Waals surface area contributed by atoms with Crippen molar-refractivity contribution in [3.05, 3.63) is 71.0 Å². The van der Waals surface area contributed by atoms with Crippen molar-refractivity contribution in [2.45, 2.75) is 38.1 Å². The molecule has 1 saturated heterocycles. The zero-order valence-corrected chi connectivity index (χ0v) is 21.1. The Kier molecular flexibility index (Phi) is 8.35. The fraction of sp³-hybridized carbons (Fsp3) is 0.423. The highest BCUT2D eigenvalue weighted by Gasteiger charge is 2.42. The predicted octanol–water partition coefficient (Wildman–Crippen LogP) is 3.45. The van der Waals surface area contributed by atoms with Crippen LogP contribution in [0.5, 0.6) is 17.2 Å². The highest BCUT2D eigenvalue weighted by atomic mass is 35.5. The maximum absolute atomic E-state index is 13.7. The maximum atomic E-state index is 13.7. The monoisotopic (exact) mass is 519 g/mol. The number of aliphatic hydroxyl groups excluding tert-OH is 1. The van der Waals surface area contributed by atoms with Crippen molar-refractivity contribution in [1.82, 2.24) is 14.5 Å². The molecule has 8 nitrogen and oxygen atoms in total. The van der Waals surface area contributed by atoms with E-state index in [0.717, 1.165) is 17.5 Å². The van der Waals surface area contributed by atoms with Gasteiger partial charge in [0.2, 0.25) is 0 Å². The number of β-amino-alcohol motifs (C(OH)–C–C–N with tert-alkyl or cyclic N) is 1. The Labute approximate surface area is 214 Å². The van der Waals surface area contributed by atoms with E-state index in [1.165, 1.54) is 12.1 Å². The van der Waals surface area contributed by atoms with E-state index in [2.05, 4.69) is 4.98 Å². The molecule has 2 heterocycles. The standard InChI is InChI=1S/C26H31ClFN3O5/c1-18-29-8-10-31(18)11-12-35-23-6-3-19(13-24(23)34-2)15-30-9-7-25(32)26(33,16-30)17-36-20-4-5-21(27)22(28)14-20/h3-6,8,10,13-14,25,32-33H,7,9,11-12,15-17H2,1-2H3/t25-,26-/m0/s1. The molecule has 0 spiro atoms. The summed E-state index contributed by atoms with van der Waals surface area (Å²) in [6.07, 6.45) is 3.08. The van der Waals surface area contributed by atoms with Crippen LogP contribution in [0.4, 0.5) is 4.39 Å². The fourth-order valence-corrected chi connectivity index (χ4v) is 4.40. The van der Waals surface area contributed by atoms with Gasteiger partial charge in [-0.05, 0) is 43.2 Å². The Morgan fingerprint density at radius 3 is 2.75 bits per heavy atom. The van der Waals surface area contributed by atoms with E-state index in [1.54, 1.807) is 13.3 Å². The van der Waals surface area contributed by atoms with Crippen LogP contribution >= 0.6 is 11.6 Å². The van der Waals surface area contributed by atoms with Gasteiger partial charge in [0, 0.05) is 38.1 Å². The first-order valence-electron chi connectivity index (χ1n) is 11.8. The van der Waals surface area contributed by atoms with Crippen molar-refractivity contribution in [2.24, 2.45) is 0 Å². The number of ether oxygens (including phenoxy) is 3. The second-order valence-electron chi connectivity index (χ2n) is 8.98. The zero-order valence-electron chi connectivity index (χ0n) is 20.4. The Morgan fingerprint density at radius 2 is 2.03 bits per heavy atom. The molecule has 3 aromatic rings. The number of aryl methyl sites for hydroxylation is 1. The first-order valence-corrected chi connectivity index (χ1v) is 12.1. The Hall–Kier alpha value is -2.85. The average Bonchev–Trinajstić information content (AvgIpc) is 3.27. The summed E-state index contributed by atoms with van der Waals surface area (Å²) in [5.41, 5.74) is -0.531. The third-order valence-electron chi connectivity index (χ3n) is 6.36. The van der Waals surface area contributed by atoms with Gasteiger partial charge in [-0.2, -0.15) is 0 Å². The lowest BCUT2D eigenvalue weighted by atomic mass is 9.90. The minimum absolute atomic E-state index is 0.00918. The summed E-state index contributed by atoms with van der Waals surface area (Å²) >= 11 is 5.71. The number of hydrogen-bond acceptors (Lipinski definition) is 7. The summed E-state index contributed by atoms with van der Waals surface area (Å²) in [6, 6.07) is 9.81. The number of piperidine rings is 1. The van der Waals surface area contributed by atoms with Crippen molar-refractivity contribution in [3.63, 3.8) is 0 Å². The summed E-state index contributed by atoms with van der Waals surface area (Å²) in [4.78, 5) is 6.25. The third kappa shape index (κ3) is 6.28. The molecular formula is C26H31ClFN3O5. The molecule has 1 aliphatic rings. The molecule has 1 aliphatic heterocycles. The second kappa shape index (κ2) is 11.5. The highest BCUT2D eigenvalue weighted by molar-refractivity contribution is 6.30. The van der Waals surface area contributed by atoms with E-state index >= 15 is 0 Å². The van der Waals surface area contributed by atoms with Crippen LogP contribution in [0.25, 0.3) is 0 Å². The van der Waals surface area contributed by atoms with Gasteiger partial charge >= 0.3 is 0 Å². The largest absolute Gasteiger partial charge is 0.493 e. The number of hydrogen-bond donors (Lipinski definition) is 2. The molecule has 194 valence electrons. The van der Waals surface area contributed by atoms with Crippen LogP contribution in [0.1, 0.15) is 17.8 Å². The minimum Gasteiger partial charge on any atom is -0.493 e. The number of rotatable bonds is 10. The Balaban J connectivity index is 1.35.